The Morgan fingerprint density at radius 3 is 2.43 bits per heavy atom. The van der Waals surface area contributed by atoms with Gasteiger partial charge in [0.15, 0.2) is 5.75 Å². The van der Waals surface area contributed by atoms with Crippen molar-refractivity contribution in [3.05, 3.63) is 91.3 Å². The Hall–Kier alpha value is -3.12. The Bertz CT molecular complexity index is 1600. The molecule has 266 valence electrons. The van der Waals surface area contributed by atoms with Crippen molar-refractivity contribution in [3.8, 4) is 11.5 Å². The molecule has 1 aliphatic heterocycles. The standard InChI is InChI=1S/C37H47Cl2N3O7/c1-25-17-32(38)35(33(39)18-25)49-14-12-41-11-8-28(22-34(41)43)37(45)9-10-40-23-31(37)36(44)42(29-6-7-29)24-27-19-26(5-4-13-46-2)20-30(21-27)48-16-15-47-3/h8,11,17-22,29,31,40,45H,4-7,9-10,12-16,23-24H2,1-3H3/t31?,37-/m0/s1. The van der Waals surface area contributed by atoms with E-state index in [0.29, 0.717) is 67.2 Å². The van der Waals surface area contributed by atoms with Gasteiger partial charge in [-0.25, -0.2) is 0 Å². The van der Waals surface area contributed by atoms with Crippen LogP contribution in [0.3, 0.4) is 0 Å². The number of benzene rings is 2. The van der Waals surface area contributed by atoms with E-state index in [0.717, 1.165) is 48.1 Å². The van der Waals surface area contributed by atoms with Crippen molar-refractivity contribution in [1.82, 2.24) is 14.8 Å². The van der Waals surface area contributed by atoms with Gasteiger partial charge in [-0.1, -0.05) is 29.3 Å². The number of hydrogen-bond acceptors (Lipinski definition) is 8. The van der Waals surface area contributed by atoms with E-state index in [1.807, 2.05) is 24.0 Å². The van der Waals surface area contributed by atoms with E-state index in [2.05, 4.69) is 11.4 Å². The van der Waals surface area contributed by atoms with Gasteiger partial charge in [0.2, 0.25) is 5.91 Å². The third-order valence-corrected chi connectivity index (χ3v) is 9.70. The second kappa shape index (κ2) is 17.2. The second-order valence-electron chi connectivity index (χ2n) is 12.9. The lowest BCUT2D eigenvalue weighted by atomic mass is 9.76. The third-order valence-electron chi connectivity index (χ3n) is 9.14. The molecule has 1 amide bonds. The number of ether oxygens (including phenoxy) is 4. The quantitative estimate of drug-likeness (QED) is 0.185. The summed E-state index contributed by atoms with van der Waals surface area (Å²) < 4.78 is 23.7. The first-order chi connectivity index (χ1) is 23.6. The zero-order valence-electron chi connectivity index (χ0n) is 28.5. The van der Waals surface area contributed by atoms with E-state index in [1.54, 1.807) is 38.6 Å². The highest BCUT2D eigenvalue weighted by atomic mass is 35.5. The topological polar surface area (TPSA) is 111 Å². The number of methoxy groups -OCH3 is 2. The zero-order chi connectivity index (χ0) is 35.0. The van der Waals surface area contributed by atoms with Crippen molar-refractivity contribution >= 4 is 29.1 Å². The maximum absolute atomic E-state index is 14.4. The van der Waals surface area contributed by atoms with E-state index >= 15 is 0 Å². The highest BCUT2D eigenvalue weighted by Crippen LogP contribution is 2.39. The summed E-state index contributed by atoms with van der Waals surface area (Å²) in [4.78, 5) is 29.6. The fourth-order valence-corrected chi connectivity index (χ4v) is 7.12. The summed E-state index contributed by atoms with van der Waals surface area (Å²) in [6, 6.07) is 12.9. The molecule has 1 aromatic heterocycles. The summed E-state index contributed by atoms with van der Waals surface area (Å²) in [5, 5.41) is 16.3. The number of nitrogens with one attached hydrogen (secondary N) is 1. The van der Waals surface area contributed by atoms with Gasteiger partial charge in [0, 0.05) is 52.2 Å². The summed E-state index contributed by atoms with van der Waals surface area (Å²) in [7, 11) is 3.33. The minimum absolute atomic E-state index is 0.0946. The number of aliphatic hydroxyl groups is 1. The molecule has 1 unspecified atom stereocenters. The number of pyridine rings is 1. The van der Waals surface area contributed by atoms with Gasteiger partial charge in [-0.05, 0) is 98.2 Å². The number of carbonyl (C=O) groups excluding carboxylic acids is 1. The van der Waals surface area contributed by atoms with Gasteiger partial charge >= 0.3 is 0 Å². The molecule has 0 spiro atoms. The Morgan fingerprint density at radius 1 is 1.00 bits per heavy atom. The first-order valence-electron chi connectivity index (χ1n) is 16.9. The van der Waals surface area contributed by atoms with Crippen LogP contribution >= 0.6 is 23.2 Å². The molecule has 0 bridgehead atoms. The lowest BCUT2D eigenvalue weighted by Gasteiger charge is -2.42. The number of aryl methyl sites for hydroxylation is 2. The van der Waals surface area contributed by atoms with Gasteiger partial charge in [-0.15, -0.1) is 0 Å². The fraction of sp³-hybridized carbons (Fsp3) is 0.514. The van der Waals surface area contributed by atoms with Crippen molar-refractivity contribution in [2.75, 3.05) is 53.7 Å². The van der Waals surface area contributed by atoms with Crippen molar-refractivity contribution in [1.29, 1.82) is 0 Å². The van der Waals surface area contributed by atoms with Crippen LogP contribution in [-0.4, -0.2) is 80.3 Å². The number of hydrogen-bond donors (Lipinski definition) is 2. The molecule has 2 fully saturated rings. The van der Waals surface area contributed by atoms with Gasteiger partial charge in [-0.2, -0.15) is 0 Å². The predicted octanol–water partition coefficient (Wildman–Crippen LogP) is 5.14. The summed E-state index contributed by atoms with van der Waals surface area (Å²) in [6.07, 6.45) is 5.44. The van der Waals surface area contributed by atoms with Gasteiger partial charge < -0.3 is 38.8 Å². The number of amides is 1. The molecular formula is C37H47Cl2N3O7. The van der Waals surface area contributed by atoms with Crippen LogP contribution < -0.4 is 20.3 Å². The molecule has 3 aromatic rings. The highest BCUT2D eigenvalue weighted by Gasteiger charge is 2.48. The third kappa shape index (κ3) is 9.57. The number of nitrogens with zero attached hydrogens (tertiary/aromatic N) is 2. The SMILES string of the molecule is COCCCc1cc(CN(C(=O)C2CNCC[C@]2(O)c2ccn(CCOc3c(Cl)cc(C)cc3Cl)c(=O)c2)C2CC2)cc(OCCOC)c1. The lowest BCUT2D eigenvalue weighted by molar-refractivity contribution is -0.150. The Kier molecular flexibility index (Phi) is 13.0. The molecule has 49 heavy (non-hydrogen) atoms. The molecule has 2 heterocycles. The Balaban J connectivity index is 1.32. The highest BCUT2D eigenvalue weighted by molar-refractivity contribution is 6.37. The van der Waals surface area contributed by atoms with Gasteiger partial charge in [-0.3, -0.25) is 9.59 Å². The summed E-state index contributed by atoms with van der Waals surface area (Å²) in [5.74, 6) is 0.204. The van der Waals surface area contributed by atoms with E-state index in [1.165, 1.54) is 10.6 Å². The molecule has 12 heteroatoms. The molecular weight excluding hydrogens is 669 g/mol. The zero-order valence-corrected chi connectivity index (χ0v) is 30.0. The average molecular weight is 717 g/mol. The van der Waals surface area contributed by atoms with Crippen LogP contribution in [0.4, 0.5) is 0 Å². The van der Waals surface area contributed by atoms with Crippen molar-refractivity contribution in [2.45, 2.75) is 63.8 Å². The normalized spacial score (nSPS) is 19.1. The summed E-state index contributed by atoms with van der Waals surface area (Å²) in [5.41, 5.74) is 1.62. The fourth-order valence-electron chi connectivity index (χ4n) is 6.42. The molecule has 0 radical (unpaired) electrons. The van der Waals surface area contributed by atoms with Crippen molar-refractivity contribution < 1.29 is 28.8 Å². The molecule has 1 saturated carbocycles. The number of rotatable bonds is 17. The van der Waals surface area contributed by atoms with Crippen molar-refractivity contribution in [2.24, 2.45) is 5.92 Å². The van der Waals surface area contributed by atoms with Gasteiger partial charge in [0.05, 0.1) is 29.1 Å². The Morgan fingerprint density at radius 2 is 1.73 bits per heavy atom. The predicted molar refractivity (Wildman–Crippen MR) is 190 cm³/mol. The molecule has 5 rings (SSSR count). The monoisotopic (exact) mass is 715 g/mol. The summed E-state index contributed by atoms with van der Waals surface area (Å²) >= 11 is 12.6. The smallest absolute Gasteiger partial charge is 0.251 e. The van der Waals surface area contributed by atoms with Crippen LogP contribution in [0.25, 0.3) is 0 Å². The van der Waals surface area contributed by atoms with Crippen LogP contribution in [-0.2, 0) is 39.4 Å². The van der Waals surface area contributed by atoms with E-state index in [4.69, 9.17) is 42.1 Å². The first kappa shape index (κ1) is 37.1. The van der Waals surface area contributed by atoms with Gasteiger partial charge in [0.25, 0.3) is 5.56 Å². The minimum atomic E-state index is -1.51. The van der Waals surface area contributed by atoms with E-state index in [9.17, 15) is 14.7 Å². The second-order valence-corrected chi connectivity index (χ2v) is 13.7. The lowest BCUT2D eigenvalue weighted by Crippen LogP contribution is -2.55. The van der Waals surface area contributed by atoms with Crippen LogP contribution in [0.2, 0.25) is 10.0 Å². The molecule has 10 nitrogen and oxygen atoms in total. The Labute approximate surface area is 298 Å². The minimum Gasteiger partial charge on any atom is -0.491 e. The first-order valence-corrected chi connectivity index (χ1v) is 17.6. The summed E-state index contributed by atoms with van der Waals surface area (Å²) in [6.45, 7) is 5.07. The molecule has 1 saturated heterocycles. The maximum atomic E-state index is 14.4. The van der Waals surface area contributed by atoms with Gasteiger partial charge in [0.1, 0.15) is 24.6 Å². The number of carbonyl (C=O) groups is 1. The largest absolute Gasteiger partial charge is 0.491 e. The number of piperidine rings is 1. The van der Waals surface area contributed by atoms with E-state index < -0.39 is 11.5 Å². The van der Waals surface area contributed by atoms with Crippen LogP contribution in [0.1, 0.15) is 47.9 Å². The van der Waals surface area contributed by atoms with Crippen LogP contribution in [0.15, 0.2) is 53.5 Å². The molecule has 2 aromatic carbocycles. The van der Waals surface area contributed by atoms with Crippen LogP contribution in [0.5, 0.6) is 11.5 Å². The number of halogens is 2. The van der Waals surface area contributed by atoms with Crippen LogP contribution in [0, 0.1) is 12.8 Å². The molecule has 2 aliphatic rings. The molecule has 2 N–H and O–H groups in total. The number of aromatic nitrogens is 1. The van der Waals surface area contributed by atoms with Crippen molar-refractivity contribution in [3.63, 3.8) is 0 Å². The maximum Gasteiger partial charge on any atom is 0.251 e. The average Bonchev–Trinajstić information content (AvgIpc) is 3.91. The molecule has 1 aliphatic carbocycles. The van der Waals surface area contributed by atoms with E-state index in [-0.39, 0.29) is 30.7 Å². The molecule has 2 atom stereocenters.